The van der Waals surface area contributed by atoms with Gasteiger partial charge in [-0.15, -0.1) is 0 Å². The Morgan fingerprint density at radius 1 is 1.19 bits per heavy atom. The van der Waals surface area contributed by atoms with Crippen LogP contribution in [0.5, 0.6) is 5.75 Å². The number of nitro benzene ring substituents is 1. The number of hydroxylamine groups is 2. The molecular formula is C23H21Cl2N3O8S. The van der Waals surface area contributed by atoms with Gasteiger partial charge in [0.15, 0.2) is 23.2 Å². The van der Waals surface area contributed by atoms with E-state index in [4.69, 9.17) is 31.9 Å². The first kappa shape index (κ1) is 28.1. The highest BCUT2D eigenvalue weighted by molar-refractivity contribution is 8.08. The quantitative estimate of drug-likeness (QED) is 0.106. The van der Waals surface area contributed by atoms with Gasteiger partial charge in [0.25, 0.3) is 17.5 Å². The van der Waals surface area contributed by atoms with E-state index in [1.165, 1.54) is 55.5 Å². The average Bonchev–Trinajstić information content (AvgIpc) is 2.83. The lowest BCUT2D eigenvalue weighted by Gasteiger charge is -2.50. The number of halogens is 2. The number of carbonyl (C=O) groups is 3. The molecule has 4 atom stereocenters. The Hall–Kier alpha value is -3.48. The molecule has 2 amide bonds. The number of likely N-dealkylation sites (tertiary alicyclic amines) is 1. The number of rotatable bonds is 10. The van der Waals surface area contributed by atoms with Gasteiger partial charge in [-0.25, -0.2) is 9.00 Å². The van der Waals surface area contributed by atoms with E-state index in [2.05, 4.69) is 6.58 Å². The molecule has 0 radical (unpaired) electrons. The third-order valence-electron chi connectivity index (χ3n) is 5.32. The maximum Gasteiger partial charge on any atom is 0.333 e. The van der Waals surface area contributed by atoms with Crippen LogP contribution in [-0.4, -0.2) is 54.3 Å². The summed E-state index contributed by atoms with van der Waals surface area (Å²) < 4.78 is 17.8. The second kappa shape index (κ2) is 11.7. The molecule has 0 saturated carbocycles. The number of β-lactam (4-membered cyclic amide) rings is 1. The Morgan fingerprint density at radius 3 is 2.27 bits per heavy atom. The molecule has 4 unspecified atom stereocenters. The zero-order chi connectivity index (χ0) is 27.4. The van der Waals surface area contributed by atoms with E-state index in [0.717, 1.165) is 16.9 Å². The molecule has 0 aliphatic carbocycles. The molecule has 0 bridgehead atoms. The molecule has 1 aliphatic rings. The first-order valence-corrected chi connectivity index (χ1v) is 13.0. The van der Waals surface area contributed by atoms with Crippen LogP contribution in [0.1, 0.15) is 19.4 Å². The van der Waals surface area contributed by atoms with Gasteiger partial charge in [-0.1, -0.05) is 18.2 Å². The summed E-state index contributed by atoms with van der Waals surface area (Å²) in [6.07, 6.45) is 0. The first-order valence-electron chi connectivity index (χ1n) is 10.6. The predicted octanol–water partition coefficient (Wildman–Crippen LogP) is 3.52. The molecule has 37 heavy (non-hydrogen) atoms. The molecule has 1 aliphatic heterocycles. The molecule has 3 rings (SSSR count). The monoisotopic (exact) mass is 569 g/mol. The van der Waals surface area contributed by atoms with Crippen molar-refractivity contribution in [3.63, 3.8) is 0 Å². The molecule has 0 aromatic heterocycles. The minimum atomic E-state index is -2.23. The fraction of sp³-hybridized carbons (Fsp3) is 0.261. The third-order valence-corrected chi connectivity index (χ3v) is 6.98. The molecule has 1 heterocycles. The van der Waals surface area contributed by atoms with Crippen molar-refractivity contribution in [3.8, 4) is 5.75 Å². The van der Waals surface area contributed by atoms with Crippen LogP contribution in [0.3, 0.4) is 0 Å². The van der Waals surface area contributed by atoms with Gasteiger partial charge in [0.05, 0.1) is 4.92 Å². The smallest absolute Gasteiger partial charge is 0.333 e. The molecule has 14 heteroatoms. The van der Waals surface area contributed by atoms with Gasteiger partial charge in [0.2, 0.25) is 0 Å². The summed E-state index contributed by atoms with van der Waals surface area (Å²) in [4.78, 5) is 55.3. The number of carbonyl (C=O) groups excluding carboxylic acids is 3. The first-order chi connectivity index (χ1) is 17.4. The molecule has 0 N–H and O–H groups in total. The summed E-state index contributed by atoms with van der Waals surface area (Å²) >= 11 is 5.86. The van der Waals surface area contributed by atoms with Crippen molar-refractivity contribution in [1.29, 1.82) is 0 Å². The van der Waals surface area contributed by atoms with Crippen molar-refractivity contribution < 1.29 is 33.1 Å². The van der Waals surface area contributed by atoms with Crippen molar-refractivity contribution in [3.05, 3.63) is 81.4 Å². The largest absolute Gasteiger partial charge is 0.459 e. The highest BCUT2D eigenvalue weighted by atomic mass is 35.7. The van der Waals surface area contributed by atoms with E-state index in [0.29, 0.717) is 10.6 Å². The van der Waals surface area contributed by atoms with E-state index < -0.39 is 50.2 Å². The Bertz CT molecular complexity index is 1260. The highest BCUT2D eigenvalue weighted by Crippen LogP contribution is 2.35. The van der Waals surface area contributed by atoms with Gasteiger partial charge in [-0.3, -0.25) is 19.7 Å². The van der Waals surface area contributed by atoms with Crippen LogP contribution in [0.25, 0.3) is 0 Å². The van der Waals surface area contributed by atoms with Crippen LogP contribution in [0.15, 0.2) is 60.7 Å². The number of nitro groups is 1. The van der Waals surface area contributed by atoms with Gasteiger partial charge in [0, 0.05) is 24.1 Å². The molecule has 0 spiro atoms. The van der Waals surface area contributed by atoms with E-state index in [1.54, 1.807) is 0 Å². The lowest BCUT2D eigenvalue weighted by atomic mass is 9.99. The average molecular weight is 570 g/mol. The van der Waals surface area contributed by atoms with Crippen molar-refractivity contribution in [2.75, 3.05) is 0 Å². The van der Waals surface area contributed by atoms with Crippen LogP contribution in [0, 0.1) is 10.1 Å². The second-order valence-corrected chi connectivity index (χ2v) is 10.3. The number of hydrogen-bond donors (Lipinski definition) is 0. The van der Waals surface area contributed by atoms with E-state index >= 15 is 0 Å². The van der Waals surface area contributed by atoms with Gasteiger partial charge < -0.3 is 14.5 Å². The standard InChI is InChI=1S/C23H21Cl2N3O8S/c1-13(2)19(23(31)35-12-15-4-8-17(9-5-15)28(32)33)26-21(30)20(22(26)37(25)34)27(14(3)29)36-18-10-6-16(24)7-11-18/h4-11,19-20,22H,1,12H2,2-3H3. The molecular weight excluding hydrogens is 549 g/mol. The Morgan fingerprint density at radius 2 is 1.78 bits per heavy atom. The fourth-order valence-electron chi connectivity index (χ4n) is 3.58. The Balaban J connectivity index is 1.80. The molecule has 2 aromatic carbocycles. The van der Waals surface area contributed by atoms with E-state index in [1.807, 2.05) is 0 Å². The van der Waals surface area contributed by atoms with Gasteiger partial charge >= 0.3 is 5.97 Å². The van der Waals surface area contributed by atoms with Gasteiger partial charge in [-0.2, -0.15) is 5.06 Å². The van der Waals surface area contributed by atoms with Crippen molar-refractivity contribution >= 4 is 55.8 Å². The van der Waals surface area contributed by atoms with Gasteiger partial charge in [0.1, 0.15) is 16.6 Å². The third kappa shape index (κ3) is 6.27. The Labute approximate surface area is 223 Å². The normalized spacial score (nSPS) is 18.3. The number of benzene rings is 2. The maximum absolute atomic E-state index is 13.2. The predicted molar refractivity (Wildman–Crippen MR) is 135 cm³/mol. The molecule has 1 saturated heterocycles. The minimum absolute atomic E-state index is 0.129. The highest BCUT2D eigenvalue weighted by Gasteiger charge is 2.60. The fourth-order valence-corrected chi connectivity index (χ4v) is 5.09. The number of esters is 1. The lowest BCUT2D eigenvalue weighted by molar-refractivity contribution is -0.384. The molecule has 196 valence electrons. The summed E-state index contributed by atoms with van der Waals surface area (Å²) in [7, 11) is 3.67. The van der Waals surface area contributed by atoms with Crippen LogP contribution >= 0.6 is 22.3 Å². The van der Waals surface area contributed by atoms with Gasteiger partial charge in [-0.05, 0) is 65.1 Å². The van der Waals surface area contributed by atoms with Crippen LogP contribution < -0.4 is 4.84 Å². The number of amides is 2. The zero-order valence-corrected chi connectivity index (χ0v) is 21.9. The summed E-state index contributed by atoms with van der Waals surface area (Å²) in [6, 6.07) is 8.56. The van der Waals surface area contributed by atoms with Crippen molar-refractivity contribution in [1.82, 2.24) is 9.96 Å². The Kier molecular flexibility index (Phi) is 8.89. The van der Waals surface area contributed by atoms with Crippen LogP contribution in [0.2, 0.25) is 5.02 Å². The number of nitrogens with zero attached hydrogens (tertiary/aromatic N) is 3. The molecule has 1 fully saturated rings. The topological polar surface area (TPSA) is 136 Å². The zero-order valence-electron chi connectivity index (χ0n) is 19.5. The van der Waals surface area contributed by atoms with Crippen molar-refractivity contribution in [2.45, 2.75) is 37.9 Å². The molecule has 11 nitrogen and oxygen atoms in total. The summed E-state index contributed by atoms with van der Waals surface area (Å²) in [5.74, 6) is -2.14. The second-order valence-electron chi connectivity index (χ2n) is 8.00. The SMILES string of the molecule is C=C(C)C(C(=O)OCc1ccc([N+](=O)[O-])cc1)N1C(=O)C(N(Oc2ccc(Cl)cc2)C(C)=O)C1S(=O)Cl. The summed E-state index contributed by atoms with van der Waals surface area (Å²) in [5.41, 5.74) is 0.528. The number of non-ortho nitro benzene ring substituents is 1. The summed E-state index contributed by atoms with van der Waals surface area (Å²) in [6.45, 7) is 6.11. The van der Waals surface area contributed by atoms with Crippen LogP contribution in [0.4, 0.5) is 5.69 Å². The number of ether oxygens (including phenoxy) is 1. The van der Waals surface area contributed by atoms with E-state index in [9.17, 15) is 28.7 Å². The number of hydrogen-bond acceptors (Lipinski definition) is 8. The minimum Gasteiger partial charge on any atom is -0.459 e. The van der Waals surface area contributed by atoms with E-state index in [-0.39, 0.29) is 23.6 Å². The summed E-state index contributed by atoms with van der Waals surface area (Å²) in [5, 5.41) is 10.6. The van der Waals surface area contributed by atoms with Crippen LogP contribution in [-0.2, 0) is 35.7 Å². The maximum atomic E-state index is 13.2. The van der Waals surface area contributed by atoms with Crippen molar-refractivity contribution in [2.24, 2.45) is 0 Å². The lowest BCUT2D eigenvalue weighted by Crippen LogP contribution is -2.75. The molecule has 2 aromatic rings.